The minimum atomic E-state index is 0.424. The van der Waals surface area contributed by atoms with Crippen LogP contribution in [0, 0.1) is 5.53 Å². The summed E-state index contributed by atoms with van der Waals surface area (Å²) in [6.07, 6.45) is 3.99. The molecule has 29 heavy (non-hydrogen) atoms. The van der Waals surface area contributed by atoms with Gasteiger partial charge in [-0.25, -0.2) is 5.53 Å². The first-order chi connectivity index (χ1) is 14.1. The summed E-state index contributed by atoms with van der Waals surface area (Å²) in [4.78, 5) is 4.85. The van der Waals surface area contributed by atoms with E-state index in [0.717, 1.165) is 49.1 Å². The molecule has 0 bridgehead atoms. The summed E-state index contributed by atoms with van der Waals surface area (Å²) in [6, 6.07) is 17.4. The van der Waals surface area contributed by atoms with Gasteiger partial charge in [0, 0.05) is 59.8 Å². The van der Waals surface area contributed by atoms with Gasteiger partial charge in [-0.05, 0) is 49.2 Å². The molecule has 2 aromatic carbocycles. The Hall–Kier alpha value is -2.34. The molecule has 0 spiro atoms. The highest BCUT2D eigenvalue weighted by atomic mass is 79.9. The molecular formula is C23H30BrN5. The minimum absolute atomic E-state index is 0.424. The molecule has 154 valence electrons. The molecule has 2 N–H and O–H groups in total. The Bertz CT molecular complexity index is 804. The Morgan fingerprint density at radius 2 is 1.45 bits per heavy atom. The summed E-state index contributed by atoms with van der Waals surface area (Å²) < 4.78 is 1.11. The fourth-order valence-electron chi connectivity index (χ4n) is 3.62. The summed E-state index contributed by atoms with van der Waals surface area (Å²) in [5.41, 5.74) is 11.7. The molecule has 0 aliphatic carbocycles. The molecule has 1 aliphatic rings. The van der Waals surface area contributed by atoms with E-state index in [4.69, 9.17) is 5.53 Å². The van der Waals surface area contributed by atoms with Gasteiger partial charge in [0.1, 0.15) is 5.70 Å². The van der Waals surface area contributed by atoms with E-state index < -0.39 is 0 Å². The molecule has 5 nitrogen and oxygen atoms in total. The topological polar surface area (TPSA) is 54.7 Å². The second-order valence-electron chi connectivity index (χ2n) is 7.32. The van der Waals surface area contributed by atoms with Gasteiger partial charge < -0.3 is 15.1 Å². The number of piperazine rings is 1. The van der Waals surface area contributed by atoms with Gasteiger partial charge in [0.2, 0.25) is 0 Å². The lowest BCUT2D eigenvalue weighted by Gasteiger charge is -2.37. The highest BCUT2D eigenvalue weighted by Crippen LogP contribution is 2.24. The monoisotopic (exact) mass is 455 g/mol. The Labute approximate surface area is 182 Å². The van der Waals surface area contributed by atoms with Crippen molar-refractivity contribution in [1.82, 2.24) is 5.32 Å². The third-order valence-corrected chi connectivity index (χ3v) is 6.09. The van der Waals surface area contributed by atoms with E-state index in [-0.39, 0.29) is 0 Å². The van der Waals surface area contributed by atoms with E-state index in [2.05, 4.69) is 98.5 Å². The Morgan fingerprint density at radius 3 is 1.90 bits per heavy atom. The van der Waals surface area contributed by atoms with E-state index in [1.165, 1.54) is 11.4 Å². The molecule has 3 rings (SSSR count). The van der Waals surface area contributed by atoms with Crippen LogP contribution >= 0.6 is 15.9 Å². The van der Waals surface area contributed by atoms with Crippen molar-refractivity contribution in [3.63, 3.8) is 0 Å². The quantitative estimate of drug-likeness (QED) is 0.488. The zero-order valence-electron chi connectivity index (χ0n) is 17.2. The third kappa shape index (κ3) is 5.60. The fraction of sp³-hybridized carbons (Fsp3) is 0.391. The van der Waals surface area contributed by atoms with E-state index in [9.17, 15) is 0 Å². The van der Waals surface area contributed by atoms with Crippen molar-refractivity contribution in [2.24, 2.45) is 5.11 Å². The maximum absolute atomic E-state index is 7.52. The molecule has 1 saturated heterocycles. The van der Waals surface area contributed by atoms with Gasteiger partial charge in [0.15, 0.2) is 0 Å². The van der Waals surface area contributed by atoms with E-state index in [0.29, 0.717) is 11.7 Å². The molecule has 6 heteroatoms. The smallest absolute Gasteiger partial charge is 0.108 e. The molecule has 2 aromatic rings. The van der Waals surface area contributed by atoms with Crippen LogP contribution in [0.25, 0.3) is 5.70 Å². The van der Waals surface area contributed by atoms with Crippen molar-refractivity contribution in [3.05, 3.63) is 64.8 Å². The van der Waals surface area contributed by atoms with Gasteiger partial charge in [0.25, 0.3) is 0 Å². The van der Waals surface area contributed by atoms with Gasteiger partial charge in [-0.1, -0.05) is 41.9 Å². The lowest BCUT2D eigenvalue weighted by molar-refractivity contribution is 0.551. The number of nitrogens with one attached hydrogen (secondary N) is 2. The first-order valence-corrected chi connectivity index (χ1v) is 11.1. The summed E-state index contributed by atoms with van der Waals surface area (Å²) in [6.45, 7) is 8.34. The van der Waals surface area contributed by atoms with E-state index >= 15 is 0 Å². The van der Waals surface area contributed by atoms with Gasteiger partial charge >= 0.3 is 0 Å². The Kier molecular flexibility index (Phi) is 7.69. The molecule has 1 aliphatic heterocycles. The largest absolute Gasteiger partial charge is 0.386 e. The molecule has 0 atom stereocenters. The lowest BCUT2D eigenvalue weighted by Crippen LogP contribution is -2.46. The van der Waals surface area contributed by atoms with Gasteiger partial charge in [-0.2, -0.15) is 5.11 Å². The number of halogens is 1. The highest BCUT2D eigenvalue weighted by Gasteiger charge is 2.17. The number of rotatable bonds is 8. The molecule has 0 amide bonds. The highest BCUT2D eigenvalue weighted by molar-refractivity contribution is 9.10. The van der Waals surface area contributed by atoms with Crippen LogP contribution in [0.15, 0.2) is 64.3 Å². The van der Waals surface area contributed by atoms with Crippen molar-refractivity contribution in [3.8, 4) is 0 Å². The van der Waals surface area contributed by atoms with Crippen LogP contribution < -0.4 is 15.1 Å². The molecule has 0 saturated carbocycles. The average molecular weight is 456 g/mol. The number of benzene rings is 2. The van der Waals surface area contributed by atoms with Crippen LogP contribution in [0.5, 0.6) is 0 Å². The lowest BCUT2D eigenvalue weighted by atomic mass is 10.1. The van der Waals surface area contributed by atoms with E-state index in [1.54, 1.807) is 0 Å². The van der Waals surface area contributed by atoms with Crippen molar-refractivity contribution in [2.75, 3.05) is 36.0 Å². The number of hydrogen-bond acceptors (Lipinski definition) is 5. The predicted molar refractivity (Wildman–Crippen MR) is 126 cm³/mol. The van der Waals surface area contributed by atoms with Crippen LogP contribution in [-0.2, 0) is 0 Å². The summed E-state index contributed by atoms with van der Waals surface area (Å²) in [7, 11) is 0. The van der Waals surface area contributed by atoms with Crippen molar-refractivity contribution in [1.29, 1.82) is 5.53 Å². The first kappa shape index (κ1) is 21.4. The number of nitrogens with zero attached hydrogens (tertiary/aromatic N) is 3. The molecule has 0 unspecified atom stereocenters. The summed E-state index contributed by atoms with van der Waals surface area (Å²) in [5.74, 6) is 0. The SMILES string of the molecule is CCC(CC)N/C=C(\N=N)c1ccc(N2CCN(c3ccc(Br)cc3)CC2)cc1. The van der Waals surface area contributed by atoms with Crippen LogP contribution in [-0.4, -0.2) is 32.2 Å². The molecular weight excluding hydrogens is 426 g/mol. The average Bonchev–Trinajstić information content (AvgIpc) is 2.78. The van der Waals surface area contributed by atoms with Gasteiger partial charge in [-0.15, -0.1) is 0 Å². The number of anilines is 2. The van der Waals surface area contributed by atoms with E-state index in [1.807, 2.05) is 6.20 Å². The zero-order valence-corrected chi connectivity index (χ0v) is 18.8. The Balaban J connectivity index is 1.61. The van der Waals surface area contributed by atoms with Crippen molar-refractivity contribution >= 4 is 33.0 Å². The second kappa shape index (κ2) is 10.4. The van der Waals surface area contributed by atoms with Crippen molar-refractivity contribution in [2.45, 2.75) is 32.7 Å². The zero-order chi connectivity index (χ0) is 20.6. The molecule has 1 fully saturated rings. The predicted octanol–water partition coefficient (Wildman–Crippen LogP) is 5.88. The van der Waals surface area contributed by atoms with Crippen LogP contribution in [0.1, 0.15) is 32.3 Å². The molecule has 1 heterocycles. The summed E-state index contributed by atoms with van der Waals surface area (Å²) >= 11 is 3.50. The number of hydrogen-bond donors (Lipinski definition) is 2. The fourth-order valence-corrected chi connectivity index (χ4v) is 3.88. The second-order valence-corrected chi connectivity index (χ2v) is 8.23. The summed E-state index contributed by atoms with van der Waals surface area (Å²) in [5, 5.41) is 7.09. The Morgan fingerprint density at radius 1 is 0.966 bits per heavy atom. The normalized spacial score (nSPS) is 15.0. The molecule has 0 aromatic heterocycles. The minimum Gasteiger partial charge on any atom is -0.386 e. The maximum atomic E-state index is 7.52. The third-order valence-electron chi connectivity index (χ3n) is 5.56. The first-order valence-electron chi connectivity index (χ1n) is 10.3. The van der Waals surface area contributed by atoms with Crippen LogP contribution in [0.4, 0.5) is 11.4 Å². The maximum Gasteiger partial charge on any atom is 0.108 e. The van der Waals surface area contributed by atoms with Crippen molar-refractivity contribution < 1.29 is 0 Å². The van der Waals surface area contributed by atoms with Crippen LogP contribution in [0.3, 0.4) is 0 Å². The van der Waals surface area contributed by atoms with Crippen LogP contribution in [0.2, 0.25) is 0 Å². The standard InChI is InChI=1S/C23H30BrN5/c1-3-20(4-2)26-17-23(27-25)18-5-9-21(10-6-18)28-13-15-29(16-14-28)22-11-7-19(24)8-12-22/h5-12,17,20,25-26H,3-4,13-16H2,1-2H3/b23-17-,27-25?. The molecule has 0 radical (unpaired) electrons. The van der Waals surface area contributed by atoms with Gasteiger partial charge in [0.05, 0.1) is 0 Å². The van der Waals surface area contributed by atoms with Gasteiger partial charge in [-0.3, -0.25) is 0 Å².